The van der Waals surface area contributed by atoms with E-state index in [2.05, 4.69) is 48.8 Å². The first-order chi connectivity index (χ1) is 33.7. The Bertz CT molecular complexity index is 1460. The number of carbonyl (C=O) groups excluding carboxylic acids is 6. The van der Waals surface area contributed by atoms with Gasteiger partial charge in [0.2, 0.25) is 11.8 Å². The number of hydrogen-bond donors (Lipinski definition) is 6. The van der Waals surface area contributed by atoms with Crippen LogP contribution in [0.25, 0.3) is 0 Å². The number of ether oxygens (including phenoxy) is 3. The SMILES string of the molecule is C=CCCCC/C=C(\NC(C)=O)C(=O)OCC.C=CCCCCC(O)CO.C=CCCCCC=O.C=CCCCCC[C@H](NC(=O)OC(C)(C)C)C(=O)O.C=CCCCCC[C@H](NC(C)=O)C(=O)OCC. The van der Waals surface area contributed by atoms with Crippen LogP contribution in [0.2, 0.25) is 0 Å². The zero-order chi connectivity index (χ0) is 55.1. The van der Waals surface area contributed by atoms with Crippen molar-refractivity contribution in [3.63, 3.8) is 0 Å². The first-order valence-corrected chi connectivity index (χ1v) is 25.3. The van der Waals surface area contributed by atoms with Crippen LogP contribution in [0.1, 0.15) is 190 Å². The summed E-state index contributed by atoms with van der Waals surface area (Å²) >= 11 is 0. The molecule has 0 spiro atoms. The average molecular weight is 1010 g/mol. The molecular weight excluding hydrogens is 911 g/mol. The Hall–Kier alpha value is -5.35. The average Bonchev–Trinajstić information content (AvgIpc) is 3.30. The first-order valence-electron chi connectivity index (χ1n) is 25.3. The van der Waals surface area contributed by atoms with Crippen molar-refractivity contribution in [1.29, 1.82) is 0 Å². The predicted molar refractivity (Wildman–Crippen MR) is 285 cm³/mol. The summed E-state index contributed by atoms with van der Waals surface area (Å²) in [6, 6.07) is -1.39. The van der Waals surface area contributed by atoms with Crippen LogP contribution in [0.4, 0.5) is 4.79 Å². The number of carbonyl (C=O) groups is 7. The van der Waals surface area contributed by atoms with E-state index in [9.17, 15) is 33.6 Å². The van der Waals surface area contributed by atoms with Gasteiger partial charge in [-0.05, 0) is 137 Å². The van der Waals surface area contributed by atoms with E-state index in [1.165, 1.54) is 13.8 Å². The highest BCUT2D eigenvalue weighted by molar-refractivity contribution is 5.93. The van der Waals surface area contributed by atoms with Gasteiger partial charge in [-0.1, -0.05) is 68.6 Å². The van der Waals surface area contributed by atoms with Crippen molar-refractivity contribution in [2.24, 2.45) is 0 Å². The second kappa shape index (κ2) is 55.6. The van der Waals surface area contributed by atoms with E-state index in [0.717, 1.165) is 122 Å². The Morgan fingerprint density at radius 1 is 0.577 bits per heavy atom. The fourth-order valence-electron chi connectivity index (χ4n) is 5.61. The van der Waals surface area contributed by atoms with Gasteiger partial charge in [-0.2, -0.15) is 0 Å². The molecule has 0 saturated heterocycles. The van der Waals surface area contributed by atoms with E-state index >= 15 is 0 Å². The lowest BCUT2D eigenvalue weighted by atomic mass is 10.1. The van der Waals surface area contributed by atoms with Crippen molar-refractivity contribution in [1.82, 2.24) is 16.0 Å². The third kappa shape index (κ3) is 62.6. The summed E-state index contributed by atoms with van der Waals surface area (Å²) in [4.78, 5) is 77.2. The number of rotatable bonds is 36. The van der Waals surface area contributed by atoms with Gasteiger partial charge in [0.25, 0.3) is 0 Å². The number of amides is 3. The van der Waals surface area contributed by atoms with E-state index in [4.69, 9.17) is 29.5 Å². The number of carboxylic acid groups (broad SMARTS) is 1. The van der Waals surface area contributed by atoms with Crippen LogP contribution in [0, 0.1) is 0 Å². The molecule has 0 radical (unpaired) electrons. The molecule has 0 rings (SSSR count). The fourth-order valence-corrected chi connectivity index (χ4v) is 5.61. The van der Waals surface area contributed by atoms with Crippen LogP contribution in [0.5, 0.6) is 0 Å². The molecular formula is C55H97N3O13. The molecule has 1 unspecified atom stereocenters. The lowest BCUT2D eigenvalue weighted by Gasteiger charge is -2.22. The van der Waals surface area contributed by atoms with Gasteiger partial charge >= 0.3 is 24.0 Å². The van der Waals surface area contributed by atoms with Gasteiger partial charge in [-0.3, -0.25) is 9.59 Å². The van der Waals surface area contributed by atoms with Gasteiger partial charge < -0.3 is 50.3 Å². The lowest BCUT2D eigenvalue weighted by Crippen LogP contribution is -2.43. The summed E-state index contributed by atoms with van der Waals surface area (Å²) in [6.45, 7) is 30.1. The molecule has 0 heterocycles. The zero-order valence-corrected chi connectivity index (χ0v) is 44.9. The van der Waals surface area contributed by atoms with Gasteiger partial charge in [-0.15, -0.1) is 32.9 Å². The Morgan fingerprint density at radius 2 is 1.00 bits per heavy atom. The number of aldehydes is 1. The minimum Gasteiger partial charge on any atom is -0.480 e. The van der Waals surface area contributed by atoms with E-state index in [1.807, 2.05) is 30.4 Å². The highest BCUT2D eigenvalue weighted by Crippen LogP contribution is 2.11. The minimum absolute atomic E-state index is 0.117. The number of esters is 2. The summed E-state index contributed by atoms with van der Waals surface area (Å²) in [5.41, 5.74) is -0.394. The van der Waals surface area contributed by atoms with Crippen LogP contribution in [-0.4, -0.2) is 101 Å². The van der Waals surface area contributed by atoms with Crippen molar-refractivity contribution in [3.8, 4) is 0 Å². The second-order valence-corrected chi connectivity index (χ2v) is 17.1. The molecule has 0 fully saturated rings. The van der Waals surface area contributed by atoms with Crippen LogP contribution in [0.3, 0.4) is 0 Å². The molecule has 0 bridgehead atoms. The summed E-state index contributed by atoms with van der Waals surface area (Å²) in [5.74, 6) is -2.32. The van der Waals surface area contributed by atoms with Crippen molar-refractivity contribution in [2.75, 3.05) is 19.8 Å². The monoisotopic (exact) mass is 1010 g/mol. The van der Waals surface area contributed by atoms with E-state index in [-0.39, 0.29) is 30.1 Å². The number of alkyl carbamates (subject to hydrolysis) is 1. The maximum absolute atomic E-state index is 11.5. The summed E-state index contributed by atoms with van der Waals surface area (Å²) < 4.78 is 14.8. The Kier molecular flexibility index (Phi) is 58.4. The molecule has 16 heteroatoms. The number of nitrogens with one attached hydrogen (secondary N) is 3. The van der Waals surface area contributed by atoms with E-state index < -0.39 is 41.8 Å². The maximum Gasteiger partial charge on any atom is 0.408 e. The van der Waals surface area contributed by atoms with Crippen LogP contribution in [-0.2, 0) is 43.0 Å². The number of aliphatic carboxylic acids is 1. The normalized spacial score (nSPS) is 11.5. The van der Waals surface area contributed by atoms with Gasteiger partial charge in [-0.25, -0.2) is 19.2 Å². The third-order valence-electron chi connectivity index (χ3n) is 9.14. The topological polar surface area (TPSA) is 244 Å². The molecule has 6 N–H and O–H groups in total. The second-order valence-electron chi connectivity index (χ2n) is 17.1. The van der Waals surface area contributed by atoms with Crippen molar-refractivity contribution in [2.45, 2.75) is 214 Å². The molecule has 3 amide bonds. The summed E-state index contributed by atoms with van der Waals surface area (Å²) in [6.07, 6.45) is 30.7. The molecule has 0 aromatic rings. The van der Waals surface area contributed by atoms with Gasteiger partial charge in [0, 0.05) is 20.3 Å². The summed E-state index contributed by atoms with van der Waals surface area (Å²) in [7, 11) is 0. The Labute approximate surface area is 428 Å². The van der Waals surface area contributed by atoms with Gasteiger partial charge in [0.1, 0.15) is 29.7 Å². The largest absolute Gasteiger partial charge is 0.480 e. The van der Waals surface area contributed by atoms with Crippen LogP contribution < -0.4 is 16.0 Å². The van der Waals surface area contributed by atoms with Gasteiger partial charge in [0.15, 0.2) is 0 Å². The summed E-state index contributed by atoms with van der Waals surface area (Å²) in [5, 5.41) is 33.8. The smallest absolute Gasteiger partial charge is 0.408 e. The van der Waals surface area contributed by atoms with Gasteiger partial charge in [0.05, 0.1) is 25.9 Å². The molecule has 0 aliphatic rings. The minimum atomic E-state index is -1.03. The molecule has 0 saturated carbocycles. The molecule has 0 aliphatic heterocycles. The lowest BCUT2D eigenvalue weighted by molar-refractivity contribution is -0.147. The molecule has 16 nitrogen and oxygen atoms in total. The van der Waals surface area contributed by atoms with E-state index in [0.29, 0.717) is 38.9 Å². The third-order valence-corrected chi connectivity index (χ3v) is 9.14. The molecule has 71 heavy (non-hydrogen) atoms. The fraction of sp³-hybridized carbons (Fsp3) is 0.655. The van der Waals surface area contributed by atoms with Crippen LogP contribution in [0.15, 0.2) is 75.0 Å². The number of aliphatic hydroxyl groups excluding tert-OH is 2. The maximum atomic E-state index is 11.5. The number of aliphatic hydroxyl groups is 2. The Morgan fingerprint density at radius 3 is 1.39 bits per heavy atom. The number of hydrogen-bond acceptors (Lipinski definition) is 12. The highest BCUT2D eigenvalue weighted by atomic mass is 16.6. The quantitative estimate of drug-likeness (QED) is 0.00855. The highest BCUT2D eigenvalue weighted by Gasteiger charge is 2.23. The molecule has 0 aromatic heterocycles. The van der Waals surface area contributed by atoms with E-state index in [1.54, 1.807) is 40.7 Å². The number of allylic oxidation sites excluding steroid dienone is 6. The predicted octanol–water partition coefficient (Wildman–Crippen LogP) is 10.6. The molecule has 0 aromatic carbocycles. The van der Waals surface area contributed by atoms with Crippen molar-refractivity contribution < 1.29 is 63.1 Å². The van der Waals surface area contributed by atoms with Crippen molar-refractivity contribution >= 4 is 42.1 Å². The zero-order valence-electron chi connectivity index (χ0n) is 44.9. The van der Waals surface area contributed by atoms with Crippen molar-refractivity contribution in [3.05, 3.63) is 75.0 Å². The number of carboxylic acids is 1. The Balaban J connectivity index is -0.000000263. The molecule has 0 aliphatic carbocycles. The standard InChI is InChI=1S/C14H25NO4.C13H23NO3.C13H21NO3.C8H16O2.C7H12O/c1-5-6-7-8-9-10-11(12(16)17)15-13(18)19-14(2,3)4;2*1-4-6-7-8-9-10-12(14-11(3)15)13(16)17-5-2;1-2-3-4-5-6-8(10)7-9;1-2-3-4-5-6-7-8/h5,11H,1,6-10H2,2-4H3,(H,15,18)(H,16,17);4,12H,1,5-10H2,2-3H3,(H,14,15);4,10H,1,5-9H2,2-3H3,(H,14,15);2,8-10H,1,3-7H2;2,7H,1,3-6H2/b;;12-10-;;/t11-;12-;;;/m00.../s1. The first kappa shape index (κ1) is 74.6. The molecule has 410 valence electrons. The molecule has 3 atom stereocenters. The van der Waals surface area contributed by atoms with Crippen LogP contribution >= 0.6 is 0 Å². The number of unbranched alkanes of at least 4 members (excludes halogenated alkanes) is 14.